The second-order valence-corrected chi connectivity index (χ2v) is 8.11. The minimum absolute atomic E-state index is 0.0273. The smallest absolute Gasteiger partial charge is 0.243 e. The van der Waals surface area contributed by atoms with Gasteiger partial charge in [-0.1, -0.05) is 12.8 Å². The van der Waals surface area contributed by atoms with Gasteiger partial charge in [0.15, 0.2) is 0 Å². The Hall–Kier alpha value is -1.47. The molecule has 0 aromatic heterocycles. The lowest BCUT2D eigenvalue weighted by molar-refractivity contribution is -0.124. The van der Waals surface area contributed by atoms with Gasteiger partial charge in [0.2, 0.25) is 15.9 Å². The molecule has 1 saturated heterocycles. The zero-order chi connectivity index (χ0) is 16.4. The fourth-order valence-electron chi connectivity index (χ4n) is 3.40. The number of halogens is 1. The van der Waals surface area contributed by atoms with Gasteiger partial charge < -0.3 is 5.32 Å². The minimum atomic E-state index is -3.78. The van der Waals surface area contributed by atoms with E-state index in [-0.39, 0.29) is 16.8 Å². The van der Waals surface area contributed by atoms with Crippen molar-refractivity contribution in [2.24, 2.45) is 0 Å². The molecule has 0 spiro atoms. The van der Waals surface area contributed by atoms with E-state index in [2.05, 4.69) is 5.32 Å². The SMILES string of the molecule is O=C(NC1CCCC1)C1CCCN1S(=O)(=O)c1ccc(F)cc1. The van der Waals surface area contributed by atoms with Crippen LogP contribution in [0.4, 0.5) is 4.39 Å². The van der Waals surface area contributed by atoms with Crippen molar-refractivity contribution in [3.63, 3.8) is 0 Å². The van der Waals surface area contributed by atoms with Gasteiger partial charge in [0.25, 0.3) is 0 Å². The van der Waals surface area contributed by atoms with E-state index in [4.69, 9.17) is 0 Å². The molecule has 1 saturated carbocycles. The number of rotatable bonds is 4. The molecule has 5 nitrogen and oxygen atoms in total. The number of carbonyl (C=O) groups is 1. The van der Waals surface area contributed by atoms with Crippen molar-refractivity contribution in [1.29, 1.82) is 0 Å². The highest BCUT2D eigenvalue weighted by atomic mass is 32.2. The van der Waals surface area contributed by atoms with Gasteiger partial charge in [0, 0.05) is 12.6 Å². The maximum absolute atomic E-state index is 13.0. The summed E-state index contributed by atoms with van der Waals surface area (Å²) >= 11 is 0. The average molecular weight is 340 g/mol. The highest BCUT2D eigenvalue weighted by Gasteiger charge is 2.40. The Kier molecular flexibility index (Phi) is 4.68. The summed E-state index contributed by atoms with van der Waals surface area (Å²) in [6.45, 7) is 0.322. The molecule has 1 N–H and O–H groups in total. The van der Waals surface area contributed by atoms with Crippen molar-refractivity contribution in [3.8, 4) is 0 Å². The summed E-state index contributed by atoms with van der Waals surface area (Å²) in [5.41, 5.74) is 0. The Labute approximate surface area is 135 Å². The van der Waals surface area contributed by atoms with Crippen molar-refractivity contribution in [2.45, 2.75) is 55.5 Å². The molecule has 23 heavy (non-hydrogen) atoms. The van der Waals surface area contributed by atoms with Crippen LogP contribution in [0.5, 0.6) is 0 Å². The summed E-state index contributed by atoms with van der Waals surface area (Å²) in [4.78, 5) is 12.5. The van der Waals surface area contributed by atoms with E-state index < -0.39 is 21.9 Å². The van der Waals surface area contributed by atoms with Crippen molar-refractivity contribution in [2.75, 3.05) is 6.54 Å². The Morgan fingerprint density at radius 2 is 1.74 bits per heavy atom. The predicted octanol–water partition coefficient (Wildman–Crippen LogP) is 2.04. The van der Waals surface area contributed by atoms with Gasteiger partial charge in [-0.25, -0.2) is 12.8 Å². The van der Waals surface area contributed by atoms with E-state index in [1.165, 1.54) is 16.4 Å². The molecule has 7 heteroatoms. The molecule has 2 aliphatic rings. The normalized spacial score (nSPS) is 23.3. The summed E-state index contributed by atoms with van der Waals surface area (Å²) in [7, 11) is -3.78. The number of hydrogen-bond acceptors (Lipinski definition) is 3. The van der Waals surface area contributed by atoms with Crippen LogP contribution in [0.3, 0.4) is 0 Å². The van der Waals surface area contributed by atoms with E-state index in [1.54, 1.807) is 0 Å². The third-order valence-electron chi connectivity index (χ3n) is 4.63. The topological polar surface area (TPSA) is 66.5 Å². The van der Waals surface area contributed by atoms with Crippen LogP contribution in [0.1, 0.15) is 38.5 Å². The van der Waals surface area contributed by atoms with E-state index >= 15 is 0 Å². The highest BCUT2D eigenvalue weighted by Crippen LogP contribution is 2.27. The third kappa shape index (κ3) is 3.40. The summed E-state index contributed by atoms with van der Waals surface area (Å²) in [5, 5.41) is 2.98. The van der Waals surface area contributed by atoms with Crippen LogP contribution in [0, 0.1) is 5.82 Å². The van der Waals surface area contributed by atoms with Gasteiger partial charge in [-0.2, -0.15) is 4.31 Å². The maximum Gasteiger partial charge on any atom is 0.243 e. The number of nitrogens with zero attached hydrogens (tertiary/aromatic N) is 1. The van der Waals surface area contributed by atoms with E-state index in [0.717, 1.165) is 37.8 Å². The molecule has 1 atom stereocenters. The Morgan fingerprint density at radius 1 is 1.09 bits per heavy atom. The average Bonchev–Trinajstić information content (AvgIpc) is 3.19. The molecule has 1 unspecified atom stereocenters. The molecule has 1 aromatic carbocycles. The second kappa shape index (κ2) is 6.57. The number of amides is 1. The molecule has 2 fully saturated rings. The standard InChI is InChI=1S/C16H21FN2O3S/c17-12-7-9-14(10-8-12)23(21,22)19-11-3-6-15(19)16(20)18-13-4-1-2-5-13/h7-10,13,15H,1-6,11H2,(H,18,20). The lowest BCUT2D eigenvalue weighted by atomic mass is 10.2. The van der Waals surface area contributed by atoms with Gasteiger partial charge in [0.05, 0.1) is 4.90 Å². The predicted molar refractivity (Wildman–Crippen MR) is 83.7 cm³/mol. The molecule has 1 heterocycles. The first kappa shape index (κ1) is 16.4. The van der Waals surface area contributed by atoms with Crippen LogP contribution in [0.25, 0.3) is 0 Å². The number of benzene rings is 1. The van der Waals surface area contributed by atoms with Crippen molar-refractivity contribution >= 4 is 15.9 Å². The maximum atomic E-state index is 13.0. The van der Waals surface area contributed by atoms with E-state index in [1.807, 2.05) is 0 Å². The molecule has 1 aliphatic heterocycles. The fourth-order valence-corrected chi connectivity index (χ4v) is 5.06. The first-order valence-electron chi connectivity index (χ1n) is 8.06. The van der Waals surface area contributed by atoms with Gasteiger partial charge in [0.1, 0.15) is 11.9 Å². The first-order chi connectivity index (χ1) is 11.0. The summed E-state index contributed by atoms with van der Waals surface area (Å²) < 4.78 is 39.7. The summed E-state index contributed by atoms with van der Waals surface area (Å²) in [5.74, 6) is -0.694. The fraction of sp³-hybridized carbons (Fsp3) is 0.562. The zero-order valence-electron chi connectivity index (χ0n) is 12.9. The lowest BCUT2D eigenvalue weighted by Crippen LogP contribution is -2.48. The van der Waals surface area contributed by atoms with Gasteiger partial charge in [-0.3, -0.25) is 4.79 Å². The summed E-state index contributed by atoms with van der Waals surface area (Å²) in [6, 6.07) is 4.24. The zero-order valence-corrected chi connectivity index (χ0v) is 13.7. The van der Waals surface area contributed by atoms with Crippen LogP contribution in [-0.4, -0.2) is 37.3 Å². The monoisotopic (exact) mass is 340 g/mol. The van der Waals surface area contributed by atoms with Crippen LogP contribution in [0.2, 0.25) is 0 Å². The van der Waals surface area contributed by atoms with Crippen molar-refractivity contribution in [3.05, 3.63) is 30.1 Å². The quantitative estimate of drug-likeness (QED) is 0.912. The number of sulfonamides is 1. The van der Waals surface area contributed by atoms with Gasteiger partial charge in [-0.05, 0) is 49.9 Å². The number of hydrogen-bond donors (Lipinski definition) is 1. The molecular weight excluding hydrogens is 319 g/mol. The van der Waals surface area contributed by atoms with E-state index in [0.29, 0.717) is 19.4 Å². The molecule has 126 valence electrons. The Balaban J connectivity index is 1.77. The number of nitrogens with one attached hydrogen (secondary N) is 1. The molecule has 0 radical (unpaired) electrons. The van der Waals surface area contributed by atoms with Crippen LogP contribution in [0.15, 0.2) is 29.2 Å². The van der Waals surface area contributed by atoms with Crippen LogP contribution < -0.4 is 5.32 Å². The third-order valence-corrected chi connectivity index (χ3v) is 6.55. The minimum Gasteiger partial charge on any atom is -0.352 e. The molecule has 1 amide bonds. The van der Waals surface area contributed by atoms with E-state index in [9.17, 15) is 17.6 Å². The van der Waals surface area contributed by atoms with Crippen molar-refractivity contribution in [1.82, 2.24) is 9.62 Å². The molecular formula is C16H21FN2O3S. The molecule has 3 rings (SSSR count). The molecule has 1 aliphatic carbocycles. The van der Waals surface area contributed by atoms with Gasteiger partial charge in [-0.15, -0.1) is 0 Å². The second-order valence-electron chi connectivity index (χ2n) is 6.22. The number of carbonyl (C=O) groups excluding carboxylic acids is 1. The summed E-state index contributed by atoms with van der Waals surface area (Å²) in [6.07, 6.45) is 5.31. The Morgan fingerprint density at radius 3 is 2.39 bits per heavy atom. The lowest BCUT2D eigenvalue weighted by Gasteiger charge is -2.24. The Bertz CT molecular complexity index is 669. The molecule has 0 bridgehead atoms. The largest absolute Gasteiger partial charge is 0.352 e. The molecule has 1 aromatic rings. The van der Waals surface area contributed by atoms with Crippen LogP contribution >= 0.6 is 0 Å². The van der Waals surface area contributed by atoms with Crippen LogP contribution in [-0.2, 0) is 14.8 Å². The highest BCUT2D eigenvalue weighted by molar-refractivity contribution is 7.89. The van der Waals surface area contributed by atoms with Gasteiger partial charge >= 0.3 is 0 Å². The first-order valence-corrected chi connectivity index (χ1v) is 9.50. The van der Waals surface area contributed by atoms with Crippen molar-refractivity contribution < 1.29 is 17.6 Å².